The van der Waals surface area contributed by atoms with E-state index in [1.54, 1.807) is 28.7 Å². The Morgan fingerprint density at radius 2 is 1.88 bits per heavy atom. The van der Waals surface area contributed by atoms with Gasteiger partial charge in [0.2, 0.25) is 5.91 Å². The van der Waals surface area contributed by atoms with Crippen molar-refractivity contribution in [3.63, 3.8) is 0 Å². The van der Waals surface area contributed by atoms with Crippen molar-refractivity contribution in [2.45, 2.75) is 134 Å². The van der Waals surface area contributed by atoms with Crippen molar-refractivity contribution in [3.05, 3.63) is 0 Å². The SMILES string of the molecule is COC1CC2CCC(OC(C)=O)CC(O)CCCCCCSSCN=C(N)NCCC3(CC4CCNC(N)C4)CC(=O)N(CC(C2)C1O)C3. The van der Waals surface area contributed by atoms with Crippen LogP contribution in [0.4, 0.5) is 0 Å². The van der Waals surface area contributed by atoms with Gasteiger partial charge in [-0.25, -0.2) is 4.99 Å². The van der Waals surface area contributed by atoms with Gasteiger partial charge in [0.15, 0.2) is 5.96 Å². The molecule has 282 valence electrons. The summed E-state index contributed by atoms with van der Waals surface area (Å²) in [4.78, 5) is 32.2. The number of aliphatic hydroxyl groups excluding tert-OH is 2. The van der Waals surface area contributed by atoms with E-state index in [-0.39, 0.29) is 47.5 Å². The zero-order chi connectivity index (χ0) is 35.2. The lowest BCUT2D eigenvalue weighted by atomic mass is 9.73. The van der Waals surface area contributed by atoms with Crippen LogP contribution in [0.2, 0.25) is 0 Å². The van der Waals surface area contributed by atoms with Crippen molar-refractivity contribution in [1.29, 1.82) is 0 Å². The van der Waals surface area contributed by atoms with Crippen molar-refractivity contribution in [3.8, 4) is 0 Å². The first-order valence-corrected chi connectivity index (χ1v) is 21.2. The molecule has 0 aromatic heterocycles. The number of aliphatic imine (C=N–C) groups is 1. The van der Waals surface area contributed by atoms with Crippen molar-refractivity contribution in [2.24, 2.45) is 39.6 Å². The minimum Gasteiger partial charge on any atom is -0.462 e. The second kappa shape index (κ2) is 20.7. The molecule has 4 bridgehead atoms. The quantitative estimate of drug-likeness (QED) is 0.184. The van der Waals surface area contributed by atoms with E-state index in [0.29, 0.717) is 69.5 Å². The van der Waals surface area contributed by atoms with Gasteiger partial charge in [-0.15, -0.1) is 0 Å². The summed E-state index contributed by atoms with van der Waals surface area (Å²) < 4.78 is 11.5. The first-order chi connectivity index (χ1) is 23.6. The lowest BCUT2D eigenvalue weighted by Crippen LogP contribution is -2.48. The normalized spacial score (nSPS) is 37.1. The molecule has 0 radical (unpaired) electrons. The number of carbonyl (C=O) groups excluding carboxylic acids is 2. The molecule has 3 heterocycles. The summed E-state index contributed by atoms with van der Waals surface area (Å²) in [5.74, 6) is 2.43. The number of fused-ring (bicyclic) bond motifs is 4. The largest absolute Gasteiger partial charge is 0.462 e. The maximum absolute atomic E-state index is 13.7. The molecule has 4 aliphatic rings. The third-order valence-corrected chi connectivity index (χ3v) is 13.3. The second-order valence-electron chi connectivity index (χ2n) is 15.2. The number of aliphatic hydroxyl groups is 2. The average Bonchev–Trinajstić information content (AvgIpc) is 3.34. The highest BCUT2D eigenvalue weighted by Crippen LogP contribution is 2.44. The third-order valence-electron chi connectivity index (χ3n) is 11.1. The smallest absolute Gasteiger partial charge is 0.302 e. The molecule has 14 heteroatoms. The van der Waals surface area contributed by atoms with Gasteiger partial charge in [0, 0.05) is 58.2 Å². The first kappa shape index (κ1) is 40.5. The van der Waals surface area contributed by atoms with Crippen LogP contribution in [0.3, 0.4) is 0 Å². The highest BCUT2D eigenvalue weighted by atomic mass is 33.1. The summed E-state index contributed by atoms with van der Waals surface area (Å²) >= 11 is 0. The summed E-state index contributed by atoms with van der Waals surface area (Å²) in [6, 6.07) is 0. The van der Waals surface area contributed by atoms with Crippen molar-refractivity contribution >= 4 is 39.4 Å². The topological polar surface area (TPSA) is 185 Å². The second-order valence-corrected chi connectivity index (χ2v) is 17.7. The number of hydrogen-bond acceptors (Lipinski definition) is 13. The standard InChI is InChI=1S/C35H64N6O6S2/c1-24(42)47-29-9-8-25-15-27(33(45)30(16-25)46-2)21-41-22-35(20-32(41)44,19-26-10-12-38-31(36)17-26)11-13-39-34(37)40-23-49-48-14-6-4-3-5-7-28(43)18-29/h25-31,33,38,43,45H,3-23,36H2,1-2H3,(H3,37,39,40). The van der Waals surface area contributed by atoms with Crippen LogP contribution in [0.5, 0.6) is 0 Å². The lowest BCUT2D eigenvalue weighted by molar-refractivity contribution is -0.148. The molecule has 49 heavy (non-hydrogen) atoms. The van der Waals surface area contributed by atoms with Gasteiger partial charge >= 0.3 is 5.97 Å². The van der Waals surface area contributed by atoms with E-state index in [9.17, 15) is 19.8 Å². The van der Waals surface area contributed by atoms with Crippen LogP contribution in [0.15, 0.2) is 4.99 Å². The summed E-state index contributed by atoms with van der Waals surface area (Å²) in [7, 11) is 5.15. The van der Waals surface area contributed by atoms with Crippen molar-refractivity contribution in [1.82, 2.24) is 15.5 Å². The van der Waals surface area contributed by atoms with Crippen LogP contribution in [0.25, 0.3) is 0 Å². The molecular weight excluding hydrogens is 665 g/mol. The Labute approximate surface area is 301 Å². The van der Waals surface area contributed by atoms with Crippen molar-refractivity contribution in [2.75, 3.05) is 44.9 Å². The molecule has 1 saturated carbocycles. The van der Waals surface area contributed by atoms with E-state index in [0.717, 1.165) is 76.5 Å². The monoisotopic (exact) mass is 728 g/mol. The van der Waals surface area contributed by atoms with E-state index in [1.807, 2.05) is 4.90 Å². The minimum absolute atomic E-state index is 0.0212. The fourth-order valence-electron chi connectivity index (χ4n) is 8.66. The number of carbonyl (C=O) groups is 2. The molecule has 9 unspecified atom stereocenters. The Balaban J connectivity index is 1.48. The van der Waals surface area contributed by atoms with Crippen molar-refractivity contribution < 1.29 is 29.3 Å². The van der Waals surface area contributed by atoms with Crippen LogP contribution in [-0.4, -0.2) is 108 Å². The molecule has 2 saturated heterocycles. The number of methoxy groups -OCH3 is 1. The average molecular weight is 729 g/mol. The Morgan fingerprint density at radius 1 is 1.06 bits per heavy atom. The summed E-state index contributed by atoms with van der Waals surface area (Å²) in [5, 5.41) is 28.9. The Hall–Kier alpha value is -1.29. The molecular formula is C35H64N6O6S2. The molecule has 1 aliphatic carbocycles. The number of hydrogen-bond donors (Lipinski definition) is 6. The van der Waals surface area contributed by atoms with Crippen LogP contribution < -0.4 is 22.1 Å². The van der Waals surface area contributed by atoms with Gasteiger partial charge < -0.3 is 46.7 Å². The van der Waals surface area contributed by atoms with Gasteiger partial charge in [0.1, 0.15) is 6.10 Å². The molecule has 12 nitrogen and oxygen atoms in total. The third kappa shape index (κ3) is 13.6. The minimum atomic E-state index is -0.668. The van der Waals surface area contributed by atoms with Gasteiger partial charge in [0.25, 0.3) is 0 Å². The van der Waals surface area contributed by atoms with Gasteiger partial charge in [-0.2, -0.15) is 0 Å². The maximum atomic E-state index is 13.7. The molecule has 9 atom stereocenters. The number of ether oxygens (including phenoxy) is 2. The Bertz CT molecular complexity index is 1060. The fraction of sp³-hybridized carbons (Fsp3) is 0.914. The first-order valence-electron chi connectivity index (χ1n) is 18.7. The summed E-state index contributed by atoms with van der Waals surface area (Å²) in [5.41, 5.74) is 12.3. The summed E-state index contributed by atoms with van der Waals surface area (Å²) in [6.07, 6.45) is 10.5. The van der Waals surface area contributed by atoms with Crippen LogP contribution in [0.1, 0.15) is 103 Å². The van der Waals surface area contributed by atoms with Crippen LogP contribution >= 0.6 is 21.6 Å². The van der Waals surface area contributed by atoms with Gasteiger partial charge in [-0.1, -0.05) is 40.9 Å². The van der Waals surface area contributed by atoms with Crippen LogP contribution in [-0.2, 0) is 19.1 Å². The number of nitrogens with one attached hydrogen (secondary N) is 2. The van der Waals surface area contributed by atoms with Gasteiger partial charge in [-0.3, -0.25) is 9.59 Å². The zero-order valence-corrected chi connectivity index (χ0v) is 31.5. The Morgan fingerprint density at radius 3 is 2.65 bits per heavy atom. The number of guanidine groups is 1. The lowest BCUT2D eigenvalue weighted by Gasteiger charge is -2.41. The fourth-order valence-corrected chi connectivity index (χ4v) is 10.5. The molecule has 3 fully saturated rings. The number of amides is 1. The van der Waals surface area contributed by atoms with Gasteiger partial charge in [0.05, 0.1) is 30.4 Å². The molecule has 0 aromatic rings. The number of rotatable bonds is 4. The molecule has 8 N–H and O–H groups in total. The predicted octanol–water partition coefficient (Wildman–Crippen LogP) is 3.34. The van der Waals surface area contributed by atoms with Crippen LogP contribution in [0, 0.1) is 23.2 Å². The zero-order valence-electron chi connectivity index (χ0n) is 29.9. The highest BCUT2D eigenvalue weighted by molar-refractivity contribution is 8.76. The number of esters is 1. The highest BCUT2D eigenvalue weighted by Gasteiger charge is 2.46. The number of nitrogens with two attached hydrogens (primary N) is 2. The van der Waals surface area contributed by atoms with E-state index >= 15 is 0 Å². The number of piperidine rings is 1. The molecule has 1 amide bonds. The van der Waals surface area contributed by atoms with Gasteiger partial charge in [-0.05, 0) is 88.0 Å². The molecule has 3 aliphatic heterocycles. The molecule has 0 aromatic carbocycles. The maximum Gasteiger partial charge on any atom is 0.302 e. The summed E-state index contributed by atoms with van der Waals surface area (Å²) in [6.45, 7) is 4.09. The molecule has 4 rings (SSSR count). The van der Waals surface area contributed by atoms with E-state index < -0.39 is 12.2 Å². The van der Waals surface area contributed by atoms with E-state index in [1.165, 1.54) is 6.92 Å². The van der Waals surface area contributed by atoms with E-state index in [4.69, 9.17) is 20.9 Å². The van der Waals surface area contributed by atoms with E-state index in [2.05, 4.69) is 15.6 Å². The molecule has 0 spiro atoms. The Kier molecular flexibility index (Phi) is 17.1. The predicted molar refractivity (Wildman–Crippen MR) is 198 cm³/mol. The number of nitrogens with zero attached hydrogens (tertiary/aromatic N) is 2.